The number of hydrogen-bond acceptors (Lipinski definition) is 5. The SMILES string of the molecule is COc1cc(Cl)ccc1S(=O)(=O)N1CCOCC1C(=O)O. The number of hydrogen-bond donors (Lipinski definition) is 1. The van der Waals surface area contributed by atoms with Gasteiger partial charge in [0.15, 0.2) is 0 Å². The number of halogens is 1. The van der Waals surface area contributed by atoms with Gasteiger partial charge in [0, 0.05) is 17.6 Å². The number of sulfonamides is 1. The maximum atomic E-state index is 12.7. The van der Waals surface area contributed by atoms with Crippen LogP contribution in [0.4, 0.5) is 0 Å². The summed E-state index contributed by atoms with van der Waals surface area (Å²) >= 11 is 5.81. The van der Waals surface area contributed by atoms with E-state index >= 15 is 0 Å². The average Bonchev–Trinajstić information content (AvgIpc) is 2.46. The Morgan fingerprint density at radius 3 is 2.86 bits per heavy atom. The highest BCUT2D eigenvalue weighted by Gasteiger charge is 2.39. The quantitative estimate of drug-likeness (QED) is 0.875. The number of benzene rings is 1. The fourth-order valence-corrected chi connectivity index (χ4v) is 3.90. The van der Waals surface area contributed by atoms with Crippen molar-refractivity contribution in [2.75, 3.05) is 26.9 Å². The predicted molar refractivity (Wildman–Crippen MR) is 74.1 cm³/mol. The Kier molecular flexibility index (Phi) is 4.72. The van der Waals surface area contributed by atoms with Crippen LogP contribution in [-0.4, -0.2) is 56.7 Å². The molecule has 1 N–H and O–H groups in total. The highest BCUT2D eigenvalue weighted by molar-refractivity contribution is 7.89. The smallest absolute Gasteiger partial charge is 0.324 e. The van der Waals surface area contributed by atoms with E-state index in [1.165, 1.54) is 25.3 Å². The molecule has 1 fully saturated rings. The predicted octanol–water partition coefficient (Wildman–Crippen LogP) is 0.823. The van der Waals surface area contributed by atoms with Crippen LogP contribution in [0.5, 0.6) is 5.75 Å². The molecule has 0 radical (unpaired) electrons. The molecule has 0 saturated carbocycles. The summed E-state index contributed by atoms with van der Waals surface area (Å²) in [5, 5.41) is 9.47. The van der Waals surface area contributed by atoms with Crippen LogP contribution >= 0.6 is 11.6 Å². The molecule has 0 bridgehead atoms. The van der Waals surface area contributed by atoms with Crippen LogP contribution in [0.1, 0.15) is 0 Å². The third-order valence-corrected chi connectivity index (χ3v) is 5.26. The minimum absolute atomic E-state index is 0.0366. The molecule has 0 aromatic heterocycles. The largest absolute Gasteiger partial charge is 0.495 e. The first-order valence-corrected chi connectivity index (χ1v) is 7.85. The van der Waals surface area contributed by atoms with Crippen molar-refractivity contribution in [2.24, 2.45) is 0 Å². The molecule has 21 heavy (non-hydrogen) atoms. The monoisotopic (exact) mass is 335 g/mol. The molecule has 0 spiro atoms. The van der Waals surface area contributed by atoms with E-state index in [0.717, 1.165) is 4.31 Å². The molecular formula is C12H14ClNO6S. The van der Waals surface area contributed by atoms with Crippen molar-refractivity contribution in [3.8, 4) is 5.75 Å². The van der Waals surface area contributed by atoms with Gasteiger partial charge in [0.25, 0.3) is 0 Å². The van der Waals surface area contributed by atoms with E-state index < -0.39 is 22.0 Å². The summed E-state index contributed by atoms with van der Waals surface area (Å²) in [6, 6.07) is 2.81. The maximum absolute atomic E-state index is 12.7. The summed E-state index contributed by atoms with van der Waals surface area (Å²) in [6.45, 7) is -0.0888. The lowest BCUT2D eigenvalue weighted by Crippen LogP contribution is -2.52. The van der Waals surface area contributed by atoms with Gasteiger partial charge in [-0.15, -0.1) is 0 Å². The minimum Gasteiger partial charge on any atom is -0.495 e. The topological polar surface area (TPSA) is 93.1 Å². The van der Waals surface area contributed by atoms with Crippen molar-refractivity contribution in [1.82, 2.24) is 4.31 Å². The molecule has 1 aromatic rings. The summed E-state index contributed by atoms with van der Waals surface area (Å²) in [4.78, 5) is 11.1. The molecule has 2 rings (SSSR count). The molecule has 0 amide bonds. The fourth-order valence-electron chi connectivity index (χ4n) is 2.05. The molecule has 9 heteroatoms. The van der Waals surface area contributed by atoms with Gasteiger partial charge in [0.2, 0.25) is 10.0 Å². The van der Waals surface area contributed by atoms with Crippen molar-refractivity contribution in [3.05, 3.63) is 23.2 Å². The molecule has 1 saturated heterocycles. The van der Waals surface area contributed by atoms with Crippen LogP contribution < -0.4 is 4.74 Å². The van der Waals surface area contributed by atoms with Gasteiger partial charge in [-0.25, -0.2) is 8.42 Å². The molecule has 1 aliphatic rings. The Hall–Kier alpha value is -1.35. The lowest BCUT2D eigenvalue weighted by atomic mass is 10.3. The van der Waals surface area contributed by atoms with Crippen LogP contribution in [0.3, 0.4) is 0 Å². The first kappa shape index (κ1) is 16.0. The zero-order valence-corrected chi connectivity index (χ0v) is 12.7. The summed E-state index contributed by atoms with van der Waals surface area (Å²) in [5.74, 6) is -1.19. The number of carboxylic acids is 1. The maximum Gasteiger partial charge on any atom is 0.324 e. The van der Waals surface area contributed by atoms with Gasteiger partial charge in [-0.3, -0.25) is 4.79 Å². The first-order valence-electron chi connectivity index (χ1n) is 6.04. The number of nitrogens with zero attached hydrogens (tertiary/aromatic N) is 1. The van der Waals surface area contributed by atoms with E-state index in [4.69, 9.17) is 26.2 Å². The summed E-state index contributed by atoms with van der Waals surface area (Å²) in [5.41, 5.74) is 0. The van der Waals surface area contributed by atoms with Crippen molar-refractivity contribution < 1.29 is 27.8 Å². The van der Waals surface area contributed by atoms with Gasteiger partial charge in [-0.2, -0.15) is 4.31 Å². The molecule has 1 unspecified atom stereocenters. The molecule has 0 aliphatic carbocycles. The average molecular weight is 336 g/mol. The number of aliphatic carboxylic acids is 1. The normalized spacial score (nSPS) is 20.2. The fraction of sp³-hybridized carbons (Fsp3) is 0.417. The Bertz CT molecular complexity index is 647. The Morgan fingerprint density at radius 2 is 2.24 bits per heavy atom. The molecule has 1 aliphatic heterocycles. The van der Waals surface area contributed by atoms with Gasteiger partial charge >= 0.3 is 5.97 Å². The lowest BCUT2D eigenvalue weighted by Gasteiger charge is -2.32. The minimum atomic E-state index is -4.03. The summed E-state index contributed by atoms with van der Waals surface area (Å²) in [7, 11) is -2.71. The van der Waals surface area contributed by atoms with Crippen LogP contribution in [0.15, 0.2) is 23.1 Å². The first-order chi connectivity index (χ1) is 9.87. The Balaban J connectivity index is 2.48. The molecule has 1 aromatic carbocycles. The third kappa shape index (κ3) is 3.13. The molecule has 1 heterocycles. The number of methoxy groups -OCH3 is 1. The van der Waals surface area contributed by atoms with Gasteiger partial charge in [0.1, 0.15) is 16.7 Å². The van der Waals surface area contributed by atoms with E-state index in [9.17, 15) is 13.2 Å². The number of ether oxygens (including phenoxy) is 2. The van der Waals surface area contributed by atoms with E-state index in [0.29, 0.717) is 5.02 Å². The molecule has 7 nitrogen and oxygen atoms in total. The van der Waals surface area contributed by atoms with E-state index in [2.05, 4.69) is 0 Å². The van der Waals surface area contributed by atoms with Crippen LogP contribution in [0, 0.1) is 0 Å². The zero-order valence-electron chi connectivity index (χ0n) is 11.2. The lowest BCUT2D eigenvalue weighted by molar-refractivity contribution is -0.146. The van der Waals surface area contributed by atoms with E-state index in [1.54, 1.807) is 0 Å². The van der Waals surface area contributed by atoms with Gasteiger partial charge in [-0.1, -0.05) is 11.6 Å². The highest BCUT2D eigenvalue weighted by atomic mass is 35.5. The second-order valence-electron chi connectivity index (χ2n) is 4.34. The second-order valence-corrected chi connectivity index (χ2v) is 6.64. The van der Waals surface area contributed by atoms with Crippen LogP contribution in [0.2, 0.25) is 5.02 Å². The van der Waals surface area contributed by atoms with Gasteiger partial charge < -0.3 is 14.6 Å². The van der Waals surface area contributed by atoms with E-state index in [-0.39, 0.29) is 30.4 Å². The van der Waals surface area contributed by atoms with E-state index in [1.807, 2.05) is 0 Å². The summed E-state index contributed by atoms with van der Waals surface area (Å²) in [6.07, 6.45) is 0. The standard InChI is InChI=1S/C12H14ClNO6S/c1-19-10-6-8(13)2-3-11(10)21(17,18)14-4-5-20-7-9(14)12(15)16/h2-3,6,9H,4-5,7H2,1H3,(H,15,16). The van der Waals surface area contributed by atoms with Crippen molar-refractivity contribution in [3.63, 3.8) is 0 Å². The van der Waals surface area contributed by atoms with Crippen LogP contribution in [0.25, 0.3) is 0 Å². The highest BCUT2D eigenvalue weighted by Crippen LogP contribution is 2.31. The Labute approximate surface area is 127 Å². The second kappa shape index (κ2) is 6.18. The number of carbonyl (C=O) groups is 1. The third-order valence-electron chi connectivity index (χ3n) is 3.08. The molecule has 116 valence electrons. The molecule has 1 atom stereocenters. The van der Waals surface area contributed by atoms with Crippen LogP contribution in [-0.2, 0) is 19.6 Å². The van der Waals surface area contributed by atoms with Crippen molar-refractivity contribution in [2.45, 2.75) is 10.9 Å². The molecular weight excluding hydrogens is 322 g/mol. The van der Waals surface area contributed by atoms with Gasteiger partial charge in [0.05, 0.1) is 20.3 Å². The van der Waals surface area contributed by atoms with Gasteiger partial charge in [-0.05, 0) is 12.1 Å². The van der Waals surface area contributed by atoms with Crippen molar-refractivity contribution >= 4 is 27.6 Å². The number of rotatable bonds is 4. The number of morpholine rings is 1. The Morgan fingerprint density at radius 1 is 1.52 bits per heavy atom. The summed E-state index contributed by atoms with van der Waals surface area (Å²) < 4.78 is 36.3. The zero-order chi connectivity index (χ0) is 15.6. The number of carboxylic acid groups (broad SMARTS) is 1. The van der Waals surface area contributed by atoms with Crippen molar-refractivity contribution in [1.29, 1.82) is 0 Å².